The van der Waals surface area contributed by atoms with Crippen LogP contribution in [0, 0.1) is 19.3 Å². The van der Waals surface area contributed by atoms with Crippen molar-refractivity contribution in [2.75, 3.05) is 6.61 Å². The van der Waals surface area contributed by atoms with Crippen molar-refractivity contribution < 1.29 is 14.6 Å². The zero-order valence-electron chi connectivity index (χ0n) is 22.8. The van der Waals surface area contributed by atoms with E-state index in [1.807, 2.05) is 0 Å². The average Bonchev–Trinajstić information content (AvgIpc) is 3.23. The molecule has 0 saturated carbocycles. The topological polar surface area (TPSA) is 58.6 Å². The van der Waals surface area contributed by atoms with Crippen LogP contribution in [0.2, 0.25) is 0 Å². The molecule has 2 aromatic carbocycles. The maximum Gasteiger partial charge on any atom is 0.220 e. The Morgan fingerprint density at radius 2 is 1.66 bits per heavy atom. The minimum Gasteiger partial charge on any atom is -0.491 e. The number of aliphatic hydroxyl groups is 1. The summed E-state index contributed by atoms with van der Waals surface area (Å²) in [4.78, 5) is 11.5. The van der Waals surface area contributed by atoms with Crippen molar-refractivity contribution in [2.45, 2.75) is 105 Å². The third-order valence-electron chi connectivity index (χ3n) is 8.04. The largest absolute Gasteiger partial charge is 0.491 e. The van der Waals surface area contributed by atoms with E-state index in [0.717, 1.165) is 43.4 Å². The SMILES string of the molecule is CCC(CC)(c1ccc(CCC(O)C(C)(C)C)c(C)c1)c1ccc(OC[C@H]2CCC(=O)N2)c(C)c1. The lowest BCUT2D eigenvalue weighted by Gasteiger charge is -2.34. The Balaban J connectivity index is 1.80. The van der Waals surface area contributed by atoms with Crippen LogP contribution in [0.4, 0.5) is 0 Å². The van der Waals surface area contributed by atoms with Gasteiger partial charge in [-0.1, -0.05) is 65.0 Å². The van der Waals surface area contributed by atoms with Gasteiger partial charge in [0.2, 0.25) is 5.91 Å². The second-order valence-corrected chi connectivity index (χ2v) is 11.4. The van der Waals surface area contributed by atoms with Gasteiger partial charge in [-0.25, -0.2) is 0 Å². The molecule has 1 unspecified atom stereocenters. The summed E-state index contributed by atoms with van der Waals surface area (Å²) < 4.78 is 6.08. The highest BCUT2D eigenvalue weighted by Crippen LogP contribution is 2.41. The van der Waals surface area contributed by atoms with Crippen molar-refractivity contribution in [1.29, 1.82) is 0 Å². The predicted octanol–water partition coefficient (Wildman–Crippen LogP) is 6.41. The van der Waals surface area contributed by atoms with Crippen LogP contribution in [0.5, 0.6) is 5.75 Å². The van der Waals surface area contributed by atoms with Crippen LogP contribution in [0.15, 0.2) is 36.4 Å². The van der Waals surface area contributed by atoms with E-state index in [1.54, 1.807) is 0 Å². The first kappa shape index (κ1) is 27.3. The molecule has 0 radical (unpaired) electrons. The van der Waals surface area contributed by atoms with Crippen LogP contribution in [-0.4, -0.2) is 29.8 Å². The predicted molar refractivity (Wildman–Crippen MR) is 144 cm³/mol. The smallest absolute Gasteiger partial charge is 0.220 e. The van der Waals surface area contributed by atoms with E-state index in [9.17, 15) is 9.90 Å². The number of hydrogen-bond acceptors (Lipinski definition) is 3. The summed E-state index contributed by atoms with van der Waals surface area (Å²) in [5, 5.41) is 13.5. The van der Waals surface area contributed by atoms with Crippen molar-refractivity contribution in [3.63, 3.8) is 0 Å². The third-order valence-corrected chi connectivity index (χ3v) is 8.04. The first-order valence-electron chi connectivity index (χ1n) is 13.3. The van der Waals surface area contributed by atoms with Crippen LogP contribution >= 0.6 is 0 Å². The van der Waals surface area contributed by atoms with E-state index in [-0.39, 0.29) is 28.9 Å². The van der Waals surface area contributed by atoms with Crippen molar-refractivity contribution >= 4 is 5.91 Å². The van der Waals surface area contributed by atoms with Crippen molar-refractivity contribution in [3.8, 4) is 5.75 Å². The summed E-state index contributed by atoms with van der Waals surface area (Å²) in [6.07, 6.45) is 4.83. The quantitative estimate of drug-likeness (QED) is 0.414. The average molecular weight is 480 g/mol. The molecule has 2 aromatic rings. The molecule has 1 fully saturated rings. The standard InChI is InChI=1S/C31H45NO3/c1-8-31(9-2,24-12-10-23(21(3)18-24)11-16-28(33)30(5,6)7)25-13-15-27(22(4)19-25)35-20-26-14-17-29(34)32-26/h10,12-13,15,18-19,26,28,33H,8-9,11,14,16-17,20H2,1-7H3,(H,32,34)/t26-,28?/m1/s1. The molecule has 0 bridgehead atoms. The molecule has 192 valence electrons. The Morgan fingerprint density at radius 1 is 1.03 bits per heavy atom. The monoisotopic (exact) mass is 479 g/mol. The number of hydrogen-bond donors (Lipinski definition) is 2. The molecule has 0 aliphatic carbocycles. The van der Waals surface area contributed by atoms with E-state index < -0.39 is 0 Å². The van der Waals surface area contributed by atoms with Crippen LogP contribution in [0.25, 0.3) is 0 Å². The van der Waals surface area contributed by atoms with Gasteiger partial charge in [0.15, 0.2) is 0 Å². The summed E-state index contributed by atoms with van der Waals surface area (Å²) >= 11 is 0. The van der Waals surface area contributed by atoms with Gasteiger partial charge < -0.3 is 15.2 Å². The Morgan fingerprint density at radius 3 is 2.17 bits per heavy atom. The minimum absolute atomic E-state index is 0.0586. The molecule has 35 heavy (non-hydrogen) atoms. The summed E-state index contributed by atoms with van der Waals surface area (Å²) in [5.74, 6) is 1.01. The maximum atomic E-state index is 11.5. The van der Waals surface area contributed by atoms with Gasteiger partial charge in [0.1, 0.15) is 12.4 Å². The first-order valence-corrected chi connectivity index (χ1v) is 13.3. The van der Waals surface area contributed by atoms with Gasteiger partial charge in [0.05, 0.1) is 12.1 Å². The number of aryl methyl sites for hydroxylation is 3. The molecular weight excluding hydrogens is 434 g/mol. The molecule has 1 heterocycles. The number of carbonyl (C=O) groups is 1. The molecule has 1 saturated heterocycles. The molecule has 1 aliphatic heterocycles. The zero-order chi connectivity index (χ0) is 25.8. The minimum atomic E-state index is -0.305. The highest BCUT2D eigenvalue weighted by Gasteiger charge is 2.32. The second-order valence-electron chi connectivity index (χ2n) is 11.4. The van der Waals surface area contributed by atoms with Gasteiger partial charge in [-0.2, -0.15) is 0 Å². The highest BCUT2D eigenvalue weighted by molar-refractivity contribution is 5.78. The normalized spacial score (nSPS) is 17.4. The number of benzene rings is 2. The van der Waals surface area contributed by atoms with Crippen molar-refractivity contribution in [1.82, 2.24) is 5.32 Å². The number of rotatable bonds is 10. The molecular formula is C31H45NO3. The number of amides is 1. The molecule has 1 amide bonds. The fourth-order valence-electron chi connectivity index (χ4n) is 5.33. The third kappa shape index (κ3) is 6.27. The van der Waals surface area contributed by atoms with Gasteiger partial charge in [-0.15, -0.1) is 0 Å². The van der Waals surface area contributed by atoms with Crippen molar-refractivity contribution in [2.24, 2.45) is 5.41 Å². The van der Waals surface area contributed by atoms with Crippen LogP contribution < -0.4 is 10.1 Å². The number of carbonyl (C=O) groups excluding carboxylic acids is 1. The van der Waals surface area contributed by atoms with E-state index in [2.05, 4.69) is 90.2 Å². The van der Waals surface area contributed by atoms with E-state index in [1.165, 1.54) is 22.3 Å². The van der Waals surface area contributed by atoms with E-state index in [0.29, 0.717) is 13.0 Å². The highest BCUT2D eigenvalue weighted by atomic mass is 16.5. The summed E-state index contributed by atoms with van der Waals surface area (Å²) in [6.45, 7) is 15.6. The Kier molecular flexibility index (Phi) is 8.69. The Labute approximate surface area is 212 Å². The molecule has 3 rings (SSSR count). The molecule has 1 aliphatic rings. The number of ether oxygens (including phenoxy) is 1. The number of aliphatic hydroxyl groups excluding tert-OH is 1. The zero-order valence-corrected chi connectivity index (χ0v) is 22.8. The summed E-state index contributed by atoms with van der Waals surface area (Å²) in [6, 6.07) is 13.6. The van der Waals surface area contributed by atoms with Gasteiger partial charge >= 0.3 is 0 Å². The lowest BCUT2D eigenvalue weighted by Crippen LogP contribution is -2.31. The van der Waals surface area contributed by atoms with Gasteiger partial charge in [-0.05, 0) is 85.3 Å². The molecule has 4 heteroatoms. The van der Waals surface area contributed by atoms with Crippen LogP contribution in [0.3, 0.4) is 0 Å². The van der Waals surface area contributed by atoms with Gasteiger partial charge in [0.25, 0.3) is 0 Å². The van der Waals surface area contributed by atoms with Gasteiger partial charge in [-0.3, -0.25) is 4.79 Å². The lowest BCUT2D eigenvalue weighted by molar-refractivity contribution is -0.119. The van der Waals surface area contributed by atoms with Crippen LogP contribution in [-0.2, 0) is 16.6 Å². The summed E-state index contributed by atoms with van der Waals surface area (Å²) in [5.41, 5.74) is 6.26. The molecule has 4 nitrogen and oxygen atoms in total. The Bertz CT molecular complexity index is 1020. The van der Waals surface area contributed by atoms with Gasteiger partial charge in [0, 0.05) is 11.8 Å². The molecule has 0 aromatic heterocycles. The molecule has 2 atom stereocenters. The van der Waals surface area contributed by atoms with Crippen molar-refractivity contribution in [3.05, 3.63) is 64.2 Å². The maximum absolute atomic E-state index is 11.5. The summed E-state index contributed by atoms with van der Waals surface area (Å²) in [7, 11) is 0. The van der Waals surface area contributed by atoms with E-state index in [4.69, 9.17) is 4.74 Å². The number of nitrogens with one attached hydrogen (secondary N) is 1. The lowest BCUT2D eigenvalue weighted by atomic mass is 9.69. The first-order chi connectivity index (χ1) is 16.5. The molecule has 2 N–H and O–H groups in total. The fraction of sp³-hybridized carbons (Fsp3) is 0.581. The van der Waals surface area contributed by atoms with E-state index >= 15 is 0 Å². The fourth-order valence-corrected chi connectivity index (χ4v) is 5.33. The Hall–Kier alpha value is -2.33. The van der Waals surface area contributed by atoms with Crippen LogP contribution in [0.1, 0.15) is 94.5 Å². The second kappa shape index (κ2) is 11.2. The molecule has 0 spiro atoms.